The van der Waals surface area contributed by atoms with Crippen LogP contribution in [-0.4, -0.2) is 43.6 Å². The highest BCUT2D eigenvalue weighted by Crippen LogP contribution is 2.16. The largest absolute Gasteiger partial charge is 0.367 e. The van der Waals surface area contributed by atoms with Crippen molar-refractivity contribution in [2.24, 2.45) is 5.92 Å². The number of amides is 1. The number of halogens is 1. The maximum atomic E-state index is 12.1. The van der Waals surface area contributed by atoms with Crippen molar-refractivity contribution in [3.63, 3.8) is 0 Å². The van der Waals surface area contributed by atoms with Crippen LogP contribution in [0.5, 0.6) is 0 Å². The number of nitrogens with zero attached hydrogens (tertiary/aromatic N) is 1. The van der Waals surface area contributed by atoms with Gasteiger partial charge in [0.2, 0.25) is 5.91 Å². The van der Waals surface area contributed by atoms with Crippen LogP contribution >= 0.6 is 12.4 Å². The fraction of sp³-hybridized carbons (Fsp3) is 0.588. The van der Waals surface area contributed by atoms with Crippen molar-refractivity contribution in [2.75, 3.05) is 32.8 Å². The number of benzene rings is 1. The molecule has 0 atom stereocenters. The van der Waals surface area contributed by atoms with Crippen LogP contribution in [0.15, 0.2) is 30.3 Å². The molecule has 1 aliphatic rings. The molecule has 1 aliphatic heterocycles. The Hall–Kier alpha value is -1.10. The third kappa shape index (κ3) is 6.34. The van der Waals surface area contributed by atoms with Gasteiger partial charge in [0.05, 0.1) is 6.61 Å². The zero-order valence-corrected chi connectivity index (χ0v) is 14.1. The summed E-state index contributed by atoms with van der Waals surface area (Å²) in [5.74, 6) is 0.826. The standard InChI is InChI=1S/C17H26N2O2.ClH/c1-2-18-12-15-8-10-19(11-9-15)17(20)14-21-13-16-6-4-3-5-7-16;/h3-7,15,18H,2,8-14H2,1H3;1H. The van der Waals surface area contributed by atoms with Crippen LogP contribution in [0.1, 0.15) is 25.3 Å². The minimum Gasteiger partial charge on any atom is -0.367 e. The van der Waals surface area contributed by atoms with Crippen molar-refractivity contribution in [1.82, 2.24) is 10.2 Å². The fourth-order valence-corrected chi connectivity index (χ4v) is 2.66. The molecule has 1 fully saturated rings. The monoisotopic (exact) mass is 326 g/mol. The molecule has 0 bridgehead atoms. The van der Waals surface area contributed by atoms with E-state index in [-0.39, 0.29) is 24.9 Å². The second-order valence-electron chi connectivity index (χ2n) is 5.61. The predicted octanol–water partition coefficient (Wildman–Crippen LogP) is 2.47. The molecule has 0 unspecified atom stereocenters. The maximum absolute atomic E-state index is 12.1. The number of carbonyl (C=O) groups excluding carboxylic acids is 1. The zero-order chi connectivity index (χ0) is 14.9. The number of carbonyl (C=O) groups is 1. The first kappa shape index (κ1) is 18.9. The van der Waals surface area contributed by atoms with Crippen molar-refractivity contribution in [1.29, 1.82) is 0 Å². The van der Waals surface area contributed by atoms with E-state index in [1.165, 1.54) is 0 Å². The molecular weight excluding hydrogens is 300 g/mol. The highest BCUT2D eigenvalue weighted by molar-refractivity contribution is 5.85. The second-order valence-corrected chi connectivity index (χ2v) is 5.61. The predicted molar refractivity (Wildman–Crippen MR) is 91.2 cm³/mol. The SMILES string of the molecule is CCNCC1CCN(C(=O)COCc2ccccc2)CC1.Cl. The van der Waals surface area contributed by atoms with Gasteiger partial charge in [-0.3, -0.25) is 4.79 Å². The molecule has 1 amide bonds. The van der Waals surface area contributed by atoms with Gasteiger partial charge in [-0.25, -0.2) is 0 Å². The first-order valence-electron chi connectivity index (χ1n) is 7.89. The lowest BCUT2D eigenvalue weighted by molar-refractivity contribution is -0.137. The van der Waals surface area contributed by atoms with E-state index in [4.69, 9.17) is 4.74 Å². The van der Waals surface area contributed by atoms with Crippen LogP contribution < -0.4 is 5.32 Å². The number of piperidine rings is 1. The Bertz CT molecular complexity index is 420. The van der Waals surface area contributed by atoms with Gasteiger partial charge in [-0.15, -0.1) is 12.4 Å². The first-order chi connectivity index (χ1) is 10.3. The molecule has 1 heterocycles. The topological polar surface area (TPSA) is 41.6 Å². The molecule has 4 nitrogen and oxygen atoms in total. The van der Waals surface area contributed by atoms with Crippen LogP contribution in [0.25, 0.3) is 0 Å². The van der Waals surface area contributed by atoms with Crippen LogP contribution in [0.2, 0.25) is 0 Å². The quantitative estimate of drug-likeness (QED) is 0.837. The lowest BCUT2D eigenvalue weighted by atomic mass is 9.97. The summed E-state index contributed by atoms with van der Waals surface area (Å²) in [6, 6.07) is 9.96. The van der Waals surface area contributed by atoms with Gasteiger partial charge in [-0.1, -0.05) is 37.3 Å². The van der Waals surface area contributed by atoms with E-state index in [1.807, 2.05) is 35.2 Å². The molecule has 22 heavy (non-hydrogen) atoms. The van der Waals surface area contributed by atoms with Gasteiger partial charge in [-0.05, 0) is 37.4 Å². The number of likely N-dealkylation sites (tertiary alicyclic amines) is 1. The lowest BCUT2D eigenvalue weighted by Gasteiger charge is -2.32. The van der Waals surface area contributed by atoms with E-state index in [9.17, 15) is 4.79 Å². The highest BCUT2D eigenvalue weighted by Gasteiger charge is 2.22. The third-order valence-electron chi connectivity index (χ3n) is 3.99. The number of nitrogens with one attached hydrogen (secondary N) is 1. The van der Waals surface area contributed by atoms with Crippen molar-refractivity contribution in [3.05, 3.63) is 35.9 Å². The lowest BCUT2D eigenvalue weighted by Crippen LogP contribution is -2.42. The zero-order valence-electron chi connectivity index (χ0n) is 13.3. The third-order valence-corrected chi connectivity index (χ3v) is 3.99. The minimum absolute atomic E-state index is 0. The Balaban J connectivity index is 0.00000242. The van der Waals surface area contributed by atoms with Gasteiger partial charge < -0.3 is 15.0 Å². The summed E-state index contributed by atoms with van der Waals surface area (Å²) in [5.41, 5.74) is 1.11. The number of rotatable bonds is 7. The van der Waals surface area contributed by atoms with Crippen LogP contribution in [0.4, 0.5) is 0 Å². The van der Waals surface area contributed by atoms with Crippen LogP contribution in [-0.2, 0) is 16.1 Å². The van der Waals surface area contributed by atoms with E-state index in [1.54, 1.807) is 0 Å². The normalized spacial score (nSPS) is 15.4. The second kappa shape index (κ2) is 10.6. The molecular formula is C17H27ClN2O2. The van der Waals surface area contributed by atoms with Gasteiger partial charge in [0.25, 0.3) is 0 Å². The molecule has 0 aliphatic carbocycles. The van der Waals surface area contributed by atoms with Gasteiger partial charge in [-0.2, -0.15) is 0 Å². The molecule has 5 heteroatoms. The van der Waals surface area contributed by atoms with E-state index in [0.29, 0.717) is 12.5 Å². The molecule has 1 aromatic carbocycles. The Kier molecular flexibility index (Phi) is 9.13. The van der Waals surface area contributed by atoms with E-state index in [2.05, 4.69) is 12.2 Å². The number of ether oxygens (including phenoxy) is 1. The van der Waals surface area contributed by atoms with Gasteiger partial charge in [0, 0.05) is 13.1 Å². The van der Waals surface area contributed by atoms with Crippen molar-refractivity contribution >= 4 is 18.3 Å². The van der Waals surface area contributed by atoms with Gasteiger partial charge in [0.1, 0.15) is 6.61 Å². The molecule has 0 aromatic heterocycles. The highest BCUT2D eigenvalue weighted by atomic mass is 35.5. The van der Waals surface area contributed by atoms with Gasteiger partial charge >= 0.3 is 0 Å². The summed E-state index contributed by atoms with van der Waals surface area (Å²) in [6.45, 7) is 6.64. The molecule has 0 radical (unpaired) electrons. The number of hydrogen-bond acceptors (Lipinski definition) is 3. The Morgan fingerprint density at radius 1 is 1.27 bits per heavy atom. The fourth-order valence-electron chi connectivity index (χ4n) is 2.66. The molecule has 1 N–H and O–H groups in total. The van der Waals surface area contributed by atoms with Crippen molar-refractivity contribution in [3.8, 4) is 0 Å². The minimum atomic E-state index is 0. The Labute approximate surface area is 139 Å². The van der Waals surface area contributed by atoms with Crippen LogP contribution in [0.3, 0.4) is 0 Å². The molecule has 1 aromatic rings. The number of hydrogen-bond donors (Lipinski definition) is 1. The summed E-state index contributed by atoms with van der Waals surface area (Å²) in [5, 5.41) is 3.39. The molecule has 1 saturated heterocycles. The summed E-state index contributed by atoms with van der Waals surface area (Å²) in [6.07, 6.45) is 2.19. The average molecular weight is 327 g/mol. The summed E-state index contributed by atoms with van der Waals surface area (Å²) in [4.78, 5) is 14.0. The Morgan fingerprint density at radius 3 is 2.59 bits per heavy atom. The molecule has 2 rings (SSSR count). The Morgan fingerprint density at radius 2 is 1.95 bits per heavy atom. The van der Waals surface area contributed by atoms with Gasteiger partial charge in [0.15, 0.2) is 0 Å². The summed E-state index contributed by atoms with van der Waals surface area (Å²) < 4.78 is 5.52. The summed E-state index contributed by atoms with van der Waals surface area (Å²) in [7, 11) is 0. The molecule has 0 saturated carbocycles. The van der Waals surface area contributed by atoms with Crippen molar-refractivity contribution < 1.29 is 9.53 Å². The van der Waals surface area contributed by atoms with E-state index >= 15 is 0 Å². The maximum Gasteiger partial charge on any atom is 0.248 e. The average Bonchev–Trinajstić information content (AvgIpc) is 2.54. The smallest absolute Gasteiger partial charge is 0.248 e. The van der Waals surface area contributed by atoms with E-state index < -0.39 is 0 Å². The van der Waals surface area contributed by atoms with E-state index in [0.717, 1.165) is 44.6 Å². The molecule has 0 spiro atoms. The van der Waals surface area contributed by atoms with Crippen LogP contribution in [0, 0.1) is 5.92 Å². The molecule has 124 valence electrons. The first-order valence-corrected chi connectivity index (χ1v) is 7.89. The summed E-state index contributed by atoms with van der Waals surface area (Å²) >= 11 is 0. The van der Waals surface area contributed by atoms with Crippen molar-refractivity contribution in [2.45, 2.75) is 26.4 Å².